The van der Waals surface area contributed by atoms with Crippen LogP contribution in [0.2, 0.25) is 0 Å². The van der Waals surface area contributed by atoms with Crippen LogP contribution in [0.3, 0.4) is 0 Å². The van der Waals surface area contributed by atoms with Gasteiger partial charge in [-0.25, -0.2) is 0 Å². The highest BCUT2D eigenvalue weighted by Gasteiger charge is 2.27. The molecule has 1 saturated carbocycles. The molecule has 14 heavy (non-hydrogen) atoms. The maximum Gasteiger partial charge on any atom is 0.0876 e. The van der Waals surface area contributed by atoms with Gasteiger partial charge in [0.05, 0.1) is 12.9 Å². The minimum Gasteiger partial charge on any atom is -0.501 e. The van der Waals surface area contributed by atoms with Crippen molar-refractivity contribution in [2.45, 2.75) is 44.6 Å². The zero-order chi connectivity index (χ0) is 9.80. The topological polar surface area (TPSA) is 47.3 Å². The van der Waals surface area contributed by atoms with E-state index in [2.05, 4.69) is 5.43 Å². The zero-order valence-corrected chi connectivity index (χ0v) is 8.67. The van der Waals surface area contributed by atoms with Crippen LogP contribution < -0.4 is 11.3 Å². The van der Waals surface area contributed by atoms with Crippen molar-refractivity contribution < 1.29 is 4.74 Å². The summed E-state index contributed by atoms with van der Waals surface area (Å²) in [5.74, 6) is 6.37. The second kappa shape index (κ2) is 4.80. The van der Waals surface area contributed by atoms with Crippen molar-refractivity contribution in [3.8, 4) is 0 Å². The predicted molar refractivity (Wildman–Crippen MR) is 56.3 cm³/mol. The van der Waals surface area contributed by atoms with Gasteiger partial charge in [-0.2, -0.15) is 0 Å². The molecule has 2 aliphatic rings. The summed E-state index contributed by atoms with van der Waals surface area (Å²) in [6.07, 6.45) is 9.54. The molecule has 0 aromatic carbocycles. The minimum atomic E-state index is 0.359. The van der Waals surface area contributed by atoms with Crippen molar-refractivity contribution in [3.63, 3.8) is 0 Å². The molecule has 0 spiro atoms. The standard InChI is InChI=1S/C11H20N2O/c12-13-11(9-4-1-2-5-9)10-6-3-7-14-8-10/h8-9,11,13H,1-7,12H2. The summed E-state index contributed by atoms with van der Waals surface area (Å²) in [5.41, 5.74) is 4.33. The first-order valence-corrected chi connectivity index (χ1v) is 5.68. The molecule has 3 N–H and O–H groups in total. The van der Waals surface area contributed by atoms with Crippen molar-refractivity contribution in [1.82, 2.24) is 5.43 Å². The molecule has 1 aliphatic carbocycles. The SMILES string of the molecule is NNC(C1=COCCC1)C1CCCC1. The Morgan fingerprint density at radius 3 is 2.71 bits per heavy atom. The van der Waals surface area contributed by atoms with E-state index >= 15 is 0 Å². The lowest BCUT2D eigenvalue weighted by Crippen LogP contribution is -2.42. The van der Waals surface area contributed by atoms with Crippen LogP contribution in [-0.4, -0.2) is 12.6 Å². The van der Waals surface area contributed by atoms with E-state index < -0.39 is 0 Å². The Morgan fingerprint density at radius 1 is 1.36 bits per heavy atom. The molecule has 0 bridgehead atoms. The van der Waals surface area contributed by atoms with Gasteiger partial charge in [0, 0.05) is 6.04 Å². The summed E-state index contributed by atoms with van der Waals surface area (Å²) in [6.45, 7) is 0.867. The molecule has 3 nitrogen and oxygen atoms in total. The monoisotopic (exact) mass is 196 g/mol. The van der Waals surface area contributed by atoms with Gasteiger partial charge in [-0.1, -0.05) is 12.8 Å². The number of hydrogen-bond acceptors (Lipinski definition) is 3. The average molecular weight is 196 g/mol. The van der Waals surface area contributed by atoms with Crippen molar-refractivity contribution in [2.24, 2.45) is 11.8 Å². The van der Waals surface area contributed by atoms with Gasteiger partial charge in [0.2, 0.25) is 0 Å². The smallest absolute Gasteiger partial charge is 0.0876 e. The third-order valence-electron chi connectivity index (χ3n) is 3.41. The first kappa shape index (κ1) is 9.99. The highest BCUT2D eigenvalue weighted by molar-refractivity contribution is 5.12. The second-order valence-corrected chi connectivity index (χ2v) is 4.36. The number of nitrogens with one attached hydrogen (secondary N) is 1. The molecule has 0 amide bonds. The molecule has 1 atom stereocenters. The number of hydrogen-bond donors (Lipinski definition) is 2. The molecule has 1 unspecified atom stereocenters. The van der Waals surface area contributed by atoms with E-state index in [4.69, 9.17) is 10.6 Å². The first-order valence-electron chi connectivity index (χ1n) is 5.68. The molecular formula is C11H20N2O. The predicted octanol–water partition coefficient (Wildman–Crippen LogP) is 1.70. The number of hydrazine groups is 1. The molecule has 2 rings (SSSR count). The third-order valence-corrected chi connectivity index (χ3v) is 3.41. The van der Waals surface area contributed by atoms with E-state index in [0.29, 0.717) is 6.04 Å². The lowest BCUT2D eigenvalue weighted by atomic mass is 9.90. The third kappa shape index (κ3) is 2.10. The Morgan fingerprint density at radius 2 is 2.14 bits per heavy atom. The molecule has 1 aliphatic heterocycles. The fraction of sp³-hybridized carbons (Fsp3) is 0.818. The first-order chi connectivity index (χ1) is 6.92. The quantitative estimate of drug-likeness (QED) is 0.533. The fourth-order valence-corrected chi connectivity index (χ4v) is 2.65. The largest absolute Gasteiger partial charge is 0.501 e. The molecule has 3 heteroatoms. The van der Waals surface area contributed by atoms with E-state index in [-0.39, 0.29) is 0 Å². The van der Waals surface area contributed by atoms with E-state index in [9.17, 15) is 0 Å². The normalized spacial score (nSPS) is 25.6. The lowest BCUT2D eigenvalue weighted by Gasteiger charge is -2.27. The highest BCUT2D eigenvalue weighted by atomic mass is 16.5. The molecule has 1 heterocycles. The van der Waals surface area contributed by atoms with Crippen LogP contribution in [0.1, 0.15) is 38.5 Å². The van der Waals surface area contributed by atoms with E-state index in [1.54, 1.807) is 0 Å². The van der Waals surface area contributed by atoms with E-state index in [1.165, 1.54) is 31.3 Å². The molecule has 80 valence electrons. The summed E-state index contributed by atoms with van der Waals surface area (Å²) in [7, 11) is 0. The maximum atomic E-state index is 5.64. The summed E-state index contributed by atoms with van der Waals surface area (Å²) >= 11 is 0. The molecule has 0 aromatic rings. The van der Waals surface area contributed by atoms with Gasteiger partial charge in [-0.3, -0.25) is 11.3 Å². The molecule has 1 fully saturated rings. The van der Waals surface area contributed by atoms with Gasteiger partial charge in [0.1, 0.15) is 0 Å². The number of nitrogens with two attached hydrogens (primary N) is 1. The molecule has 0 radical (unpaired) electrons. The van der Waals surface area contributed by atoms with Gasteiger partial charge >= 0.3 is 0 Å². The van der Waals surface area contributed by atoms with Gasteiger partial charge in [-0.15, -0.1) is 0 Å². The Labute approximate surface area is 85.7 Å². The van der Waals surface area contributed by atoms with Crippen molar-refractivity contribution in [1.29, 1.82) is 0 Å². The number of rotatable bonds is 3. The molecular weight excluding hydrogens is 176 g/mol. The van der Waals surface area contributed by atoms with E-state index in [0.717, 1.165) is 25.4 Å². The van der Waals surface area contributed by atoms with Crippen molar-refractivity contribution in [2.75, 3.05) is 6.61 Å². The van der Waals surface area contributed by atoms with Gasteiger partial charge in [0.25, 0.3) is 0 Å². The summed E-state index contributed by atoms with van der Waals surface area (Å²) in [4.78, 5) is 0. The van der Waals surface area contributed by atoms with Gasteiger partial charge in [0.15, 0.2) is 0 Å². The Kier molecular flexibility index (Phi) is 3.43. The van der Waals surface area contributed by atoms with Crippen LogP contribution in [0.25, 0.3) is 0 Å². The van der Waals surface area contributed by atoms with Crippen LogP contribution in [0.5, 0.6) is 0 Å². The highest BCUT2D eigenvalue weighted by Crippen LogP contribution is 2.32. The van der Waals surface area contributed by atoms with Crippen LogP contribution >= 0.6 is 0 Å². The van der Waals surface area contributed by atoms with E-state index in [1.807, 2.05) is 6.26 Å². The molecule has 0 saturated heterocycles. The maximum absolute atomic E-state index is 5.64. The number of ether oxygens (including phenoxy) is 1. The van der Waals surface area contributed by atoms with Crippen LogP contribution in [0.4, 0.5) is 0 Å². The van der Waals surface area contributed by atoms with Crippen molar-refractivity contribution >= 4 is 0 Å². The Bertz CT molecular complexity index is 209. The van der Waals surface area contributed by atoms with Gasteiger partial charge < -0.3 is 4.74 Å². The average Bonchev–Trinajstić information content (AvgIpc) is 2.74. The molecule has 0 aromatic heterocycles. The lowest BCUT2D eigenvalue weighted by molar-refractivity contribution is 0.214. The second-order valence-electron chi connectivity index (χ2n) is 4.36. The van der Waals surface area contributed by atoms with Gasteiger partial charge in [-0.05, 0) is 37.2 Å². The fourth-order valence-electron chi connectivity index (χ4n) is 2.65. The van der Waals surface area contributed by atoms with Crippen LogP contribution in [-0.2, 0) is 4.74 Å². The van der Waals surface area contributed by atoms with Crippen molar-refractivity contribution in [3.05, 3.63) is 11.8 Å². The summed E-state index contributed by atoms with van der Waals surface area (Å²) in [5, 5.41) is 0. The minimum absolute atomic E-state index is 0.359. The van der Waals surface area contributed by atoms with Crippen LogP contribution in [0, 0.1) is 5.92 Å². The zero-order valence-electron chi connectivity index (χ0n) is 8.67. The summed E-state index contributed by atoms with van der Waals surface area (Å²) < 4.78 is 5.37. The Balaban J connectivity index is 1.99. The summed E-state index contributed by atoms with van der Waals surface area (Å²) in [6, 6.07) is 0.359. The Hall–Kier alpha value is -0.540. The van der Waals surface area contributed by atoms with Crippen LogP contribution in [0.15, 0.2) is 11.8 Å².